The molecule has 8 heteroatoms. The fraction of sp³-hybridized carbons (Fsp3) is 0.417. The Balaban J connectivity index is 2.84. The molecule has 1 aromatic rings. The van der Waals surface area contributed by atoms with Crippen LogP contribution in [0.15, 0.2) is 18.2 Å². The molecule has 0 spiro atoms. The zero-order valence-electron chi connectivity index (χ0n) is 11.0. The largest absolute Gasteiger partial charge is 0.395 e. The van der Waals surface area contributed by atoms with Crippen LogP contribution >= 0.6 is 11.6 Å². The van der Waals surface area contributed by atoms with Gasteiger partial charge in [-0.25, -0.2) is 4.79 Å². The van der Waals surface area contributed by atoms with Crippen LogP contribution in [0.5, 0.6) is 0 Å². The van der Waals surface area contributed by atoms with Gasteiger partial charge in [0.25, 0.3) is 5.69 Å². The predicted molar refractivity (Wildman–Crippen MR) is 76.1 cm³/mol. The molecule has 0 aliphatic heterocycles. The van der Waals surface area contributed by atoms with E-state index >= 15 is 0 Å². The van der Waals surface area contributed by atoms with Crippen molar-refractivity contribution >= 4 is 29.0 Å². The summed E-state index contributed by atoms with van der Waals surface area (Å²) < 4.78 is 0. The van der Waals surface area contributed by atoms with Crippen LogP contribution in [0.3, 0.4) is 0 Å². The number of nitro benzene ring substituents is 1. The first kappa shape index (κ1) is 16.2. The highest BCUT2D eigenvalue weighted by atomic mass is 35.5. The summed E-state index contributed by atoms with van der Waals surface area (Å²) in [5.41, 5.74) is 0.0128. The molecule has 0 aliphatic carbocycles. The minimum absolute atomic E-state index is 0.00812. The quantitative estimate of drug-likeness (QED) is 0.623. The van der Waals surface area contributed by atoms with Crippen molar-refractivity contribution in [2.24, 2.45) is 0 Å². The van der Waals surface area contributed by atoms with Crippen molar-refractivity contribution < 1.29 is 14.8 Å². The van der Waals surface area contributed by atoms with E-state index in [9.17, 15) is 14.9 Å². The number of nitrogens with one attached hydrogen (secondary N) is 1. The van der Waals surface area contributed by atoms with Gasteiger partial charge in [0, 0.05) is 24.8 Å². The lowest BCUT2D eigenvalue weighted by Gasteiger charge is -2.21. The lowest BCUT2D eigenvalue weighted by atomic mass is 10.3. The zero-order valence-corrected chi connectivity index (χ0v) is 11.8. The molecule has 1 aromatic carbocycles. The summed E-state index contributed by atoms with van der Waals surface area (Å²) in [7, 11) is 0. The average Bonchev–Trinajstić information content (AvgIpc) is 2.40. The molecule has 0 aromatic heterocycles. The summed E-state index contributed by atoms with van der Waals surface area (Å²) in [6.07, 6.45) is 0.744. The van der Waals surface area contributed by atoms with Crippen LogP contribution in [0, 0.1) is 10.1 Å². The Morgan fingerprint density at radius 1 is 1.50 bits per heavy atom. The van der Waals surface area contributed by atoms with Crippen molar-refractivity contribution in [3.8, 4) is 0 Å². The first-order valence-electron chi connectivity index (χ1n) is 6.10. The summed E-state index contributed by atoms with van der Waals surface area (Å²) in [6.45, 7) is 2.45. The number of amides is 2. The summed E-state index contributed by atoms with van der Waals surface area (Å²) in [5, 5.41) is 22.2. The third kappa shape index (κ3) is 4.36. The minimum Gasteiger partial charge on any atom is -0.395 e. The molecule has 110 valence electrons. The molecule has 0 bridgehead atoms. The summed E-state index contributed by atoms with van der Waals surface area (Å²) in [5.74, 6) is 0. The molecule has 0 radical (unpaired) electrons. The van der Waals surface area contributed by atoms with Gasteiger partial charge in [0.05, 0.1) is 11.5 Å². The minimum atomic E-state index is -0.616. The maximum Gasteiger partial charge on any atom is 0.321 e. The predicted octanol–water partition coefficient (Wildman–Crippen LogP) is 2.48. The second-order valence-corrected chi connectivity index (χ2v) is 4.47. The van der Waals surface area contributed by atoms with Crippen LogP contribution in [0.2, 0.25) is 5.02 Å². The van der Waals surface area contributed by atoms with Gasteiger partial charge in [0.2, 0.25) is 0 Å². The van der Waals surface area contributed by atoms with E-state index < -0.39 is 11.0 Å². The fourth-order valence-corrected chi connectivity index (χ4v) is 1.82. The number of aliphatic hydroxyl groups excluding tert-OH is 1. The Morgan fingerprint density at radius 3 is 2.75 bits per heavy atom. The Kier molecular flexibility index (Phi) is 6.20. The van der Waals surface area contributed by atoms with Crippen LogP contribution in [0.25, 0.3) is 0 Å². The van der Waals surface area contributed by atoms with Crippen LogP contribution in [0.1, 0.15) is 13.3 Å². The molecule has 2 N–H and O–H groups in total. The molecule has 0 aliphatic rings. The smallest absolute Gasteiger partial charge is 0.321 e. The van der Waals surface area contributed by atoms with Gasteiger partial charge in [0.15, 0.2) is 0 Å². The highest BCUT2D eigenvalue weighted by Crippen LogP contribution is 2.27. The number of carbonyl (C=O) groups excluding carboxylic acids is 1. The average molecular weight is 302 g/mol. The van der Waals surface area contributed by atoms with Gasteiger partial charge < -0.3 is 15.3 Å². The van der Waals surface area contributed by atoms with Crippen LogP contribution in [-0.4, -0.2) is 40.7 Å². The standard InChI is InChI=1S/C12H16ClN3O4/c1-2-5-15(6-7-17)12(18)14-9-3-4-10(13)11(8-9)16(19)20/h3-4,8,17H,2,5-7H2,1H3,(H,14,18). The third-order valence-electron chi connectivity index (χ3n) is 2.54. The lowest BCUT2D eigenvalue weighted by molar-refractivity contribution is -0.384. The molecule has 20 heavy (non-hydrogen) atoms. The summed E-state index contributed by atoms with van der Waals surface area (Å²) in [6, 6.07) is 3.61. The number of carbonyl (C=O) groups is 1. The van der Waals surface area contributed by atoms with Gasteiger partial charge in [-0.15, -0.1) is 0 Å². The number of benzene rings is 1. The van der Waals surface area contributed by atoms with Gasteiger partial charge in [-0.3, -0.25) is 10.1 Å². The molecule has 0 unspecified atom stereocenters. The molecule has 1 rings (SSSR count). The van der Waals surface area contributed by atoms with Crippen LogP contribution < -0.4 is 5.32 Å². The van der Waals surface area contributed by atoms with E-state index in [0.717, 1.165) is 6.42 Å². The molecule has 0 saturated heterocycles. The molecule has 2 amide bonds. The number of aliphatic hydroxyl groups is 1. The number of anilines is 1. The number of rotatable bonds is 6. The number of nitrogens with zero attached hydrogens (tertiary/aromatic N) is 2. The maximum atomic E-state index is 12.0. The van der Waals surface area contributed by atoms with Crippen molar-refractivity contribution in [1.29, 1.82) is 0 Å². The second kappa shape index (κ2) is 7.66. The van der Waals surface area contributed by atoms with E-state index in [2.05, 4.69) is 5.32 Å². The number of urea groups is 1. The van der Waals surface area contributed by atoms with E-state index in [1.165, 1.54) is 23.1 Å². The van der Waals surface area contributed by atoms with Crippen molar-refractivity contribution in [2.75, 3.05) is 25.0 Å². The molecule has 0 heterocycles. The number of halogens is 1. The van der Waals surface area contributed by atoms with Gasteiger partial charge in [0.1, 0.15) is 5.02 Å². The van der Waals surface area contributed by atoms with Gasteiger partial charge in [-0.1, -0.05) is 18.5 Å². The Hall–Kier alpha value is -1.86. The van der Waals surface area contributed by atoms with Gasteiger partial charge >= 0.3 is 6.03 Å². The number of hydrogen-bond donors (Lipinski definition) is 2. The summed E-state index contributed by atoms with van der Waals surface area (Å²) >= 11 is 5.69. The molecule has 0 atom stereocenters. The first-order chi connectivity index (χ1) is 9.49. The molecule has 0 fully saturated rings. The van der Waals surface area contributed by atoms with Crippen molar-refractivity contribution in [1.82, 2.24) is 4.90 Å². The normalized spacial score (nSPS) is 10.2. The molecular formula is C12H16ClN3O4. The Morgan fingerprint density at radius 2 is 2.20 bits per heavy atom. The zero-order chi connectivity index (χ0) is 15.1. The SMILES string of the molecule is CCCN(CCO)C(=O)Nc1ccc(Cl)c([N+](=O)[O-])c1. The second-order valence-electron chi connectivity index (χ2n) is 4.06. The fourth-order valence-electron chi connectivity index (χ4n) is 1.64. The number of hydrogen-bond acceptors (Lipinski definition) is 4. The van der Waals surface area contributed by atoms with Crippen molar-refractivity contribution in [3.05, 3.63) is 33.3 Å². The monoisotopic (exact) mass is 301 g/mol. The molecule has 0 saturated carbocycles. The van der Waals surface area contributed by atoms with Gasteiger partial charge in [-0.2, -0.15) is 0 Å². The summed E-state index contributed by atoms with van der Waals surface area (Å²) in [4.78, 5) is 23.5. The van der Waals surface area contributed by atoms with E-state index in [1.54, 1.807) is 0 Å². The lowest BCUT2D eigenvalue weighted by Crippen LogP contribution is -2.37. The highest BCUT2D eigenvalue weighted by molar-refractivity contribution is 6.32. The van der Waals surface area contributed by atoms with Crippen molar-refractivity contribution in [3.63, 3.8) is 0 Å². The van der Waals surface area contributed by atoms with Crippen LogP contribution in [-0.2, 0) is 0 Å². The highest BCUT2D eigenvalue weighted by Gasteiger charge is 2.16. The van der Waals surface area contributed by atoms with E-state index in [4.69, 9.17) is 16.7 Å². The molecule has 7 nitrogen and oxygen atoms in total. The Bertz CT molecular complexity index is 490. The maximum absolute atomic E-state index is 12.0. The first-order valence-corrected chi connectivity index (χ1v) is 6.48. The van der Waals surface area contributed by atoms with E-state index in [-0.39, 0.29) is 29.5 Å². The Labute approximate surface area is 121 Å². The van der Waals surface area contributed by atoms with Crippen LogP contribution in [0.4, 0.5) is 16.2 Å². The number of nitro groups is 1. The third-order valence-corrected chi connectivity index (χ3v) is 2.86. The van der Waals surface area contributed by atoms with Crippen molar-refractivity contribution in [2.45, 2.75) is 13.3 Å². The topological polar surface area (TPSA) is 95.7 Å². The van der Waals surface area contributed by atoms with E-state index in [1.807, 2.05) is 6.92 Å². The van der Waals surface area contributed by atoms with Gasteiger partial charge in [-0.05, 0) is 18.6 Å². The molecular weight excluding hydrogens is 286 g/mol. The van der Waals surface area contributed by atoms with E-state index in [0.29, 0.717) is 6.54 Å².